The average molecular weight is 1050 g/mol. The van der Waals surface area contributed by atoms with Crippen molar-refractivity contribution >= 4 is 87.2 Å². The molecule has 7 heteroatoms. The van der Waals surface area contributed by atoms with Crippen molar-refractivity contribution < 1.29 is 0 Å². The predicted octanol–water partition coefficient (Wildman–Crippen LogP) is 18.9. The first kappa shape index (κ1) is 45.8. The van der Waals surface area contributed by atoms with E-state index in [-0.39, 0.29) is 0 Å². The standard InChI is InChI=1S/C75H47N7/c1-4-20-48(21-5-1)73-76-74(49-22-6-2-7-23-49)78-75(77-73)52-38-42-71(72(46-52)82-65-33-17-10-26-55(65)56-27-11-18-34-66(56)82)81-67-35-19-14-30-59(67)62-47-54(39-43-70(62)81)80-64-32-16-13-29-58(64)61-45-51(37-41-69(61)80)50-36-40-68-60(44-50)57-28-12-15-31-63(57)79(68)53-24-8-3-9-25-53/h1-47H. The van der Waals surface area contributed by atoms with Crippen LogP contribution in [0.25, 0.3) is 155 Å². The lowest BCUT2D eigenvalue weighted by molar-refractivity contribution is 1.06. The van der Waals surface area contributed by atoms with Crippen LogP contribution in [0.1, 0.15) is 0 Å². The molecule has 0 aliphatic rings. The van der Waals surface area contributed by atoms with Gasteiger partial charge in [0.05, 0.1) is 55.5 Å². The zero-order chi connectivity index (χ0) is 53.8. The molecule has 0 aliphatic heterocycles. The topological polar surface area (TPSA) is 58.4 Å². The molecule has 0 saturated heterocycles. The number of hydrogen-bond donors (Lipinski definition) is 0. The molecular formula is C75H47N7. The van der Waals surface area contributed by atoms with Crippen molar-refractivity contribution in [1.29, 1.82) is 0 Å². The Labute approximate surface area is 471 Å². The van der Waals surface area contributed by atoms with Gasteiger partial charge in [-0.25, -0.2) is 15.0 Å². The highest BCUT2D eigenvalue weighted by atomic mass is 15.1. The number of benzene rings is 12. The largest absolute Gasteiger partial charge is 0.309 e. The molecule has 0 aliphatic carbocycles. The Kier molecular flexibility index (Phi) is 10.2. The summed E-state index contributed by atoms with van der Waals surface area (Å²) in [6, 6.07) is 103. The second-order valence-electron chi connectivity index (χ2n) is 21.2. The first-order valence-electron chi connectivity index (χ1n) is 27.8. The van der Waals surface area contributed by atoms with Crippen LogP contribution in [0.5, 0.6) is 0 Å². The van der Waals surface area contributed by atoms with E-state index in [4.69, 9.17) is 15.0 Å². The summed E-state index contributed by atoms with van der Waals surface area (Å²) in [6.45, 7) is 0. The monoisotopic (exact) mass is 1050 g/mol. The van der Waals surface area contributed by atoms with E-state index < -0.39 is 0 Å². The van der Waals surface area contributed by atoms with Gasteiger partial charge in [0.15, 0.2) is 17.5 Å². The van der Waals surface area contributed by atoms with E-state index in [2.05, 4.69) is 267 Å². The molecule has 5 aromatic heterocycles. The molecule has 7 nitrogen and oxygen atoms in total. The number of hydrogen-bond acceptors (Lipinski definition) is 3. The summed E-state index contributed by atoms with van der Waals surface area (Å²) in [4.78, 5) is 15.5. The summed E-state index contributed by atoms with van der Waals surface area (Å²) in [5.41, 5.74) is 18.5. The molecule has 0 fully saturated rings. The van der Waals surface area contributed by atoms with Crippen molar-refractivity contribution in [2.75, 3.05) is 0 Å². The van der Waals surface area contributed by atoms with Gasteiger partial charge in [-0.15, -0.1) is 0 Å². The van der Waals surface area contributed by atoms with Gasteiger partial charge in [0, 0.05) is 71.2 Å². The fourth-order valence-corrected chi connectivity index (χ4v) is 12.9. The summed E-state index contributed by atoms with van der Waals surface area (Å²) >= 11 is 0. The predicted molar refractivity (Wildman–Crippen MR) is 339 cm³/mol. The Balaban J connectivity index is 0.851. The van der Waals surface area contributed by atoms with Gasteiger partial charge in [-0.1, -0.05) is 182 Å². The Morgan fingerprint density at radius 1 is 0.183 bits per heavy atom. The zero-order valence-corrected chi connectivity index (χ0v) is 44.3. The summed E-state index contributed by atoms with van der Waals surface area (Å²) < 4.78 is 9.68. The molecule has 0 bridgehead atoms. The molecule has 0 amide bonds. The summed E-state index contributed by atoms with van der Waals surface area (Å²) in [7, 11) is 0. The molecule has 12 aromatic carbocycles. The third kappa shape index (κ3) is 7.06. The molecule has 0 unspecified atom stereocenters. The SMILES string of the molecule is c1ccc(-c2nc(-c3ccccc3)nc(-c3ccc(-n4c5ccccc5c5cc(-n6c7ccccc7c7cc(-c8ccc9c(c8)c8ccccc8n9-c8ccccc8)ccc76)ccc54)c(-n4c5ccccc5c5ccccc54)c3)n2)cc1. The van der Waals surface area contributed by atoms with Crippen molar-refractivity contribution in [1.82, 2.24) is 33.2 Å². The number of fused-ring (bicyclic) bond motifs is 12. The minimum atomic E-state index is 0.597. The van der Waals surface area contributed by atoms with Gasteiger partial charge >= 0.3 is 0 Å². The number of aromatic nitrogens is 7. The van der Waals surface area contributed by atoms with E-state index in [1.165, 1.54) is 59.9 Å². The Bertz CT molecular complexity index is 5280. The molecule has 0 atom stereocenters. The van der Waals surface area contributed by atoms with Gasteiger partial charge in [-0.2, -0.15) is 0 Å². The minimum absolute atomic E-state index is 0.597. The van der Waals surface area contributed by atoms with E-state index in [1.807, 2.05) is 36.4 Å². The van der Waals surface area contributed by atoms with Crippen LogP contribution in [0.3, 0.4) is 0 Å². The highest BCUT2D eigenvalue weighted by Crippen LogP contribution is 2.43. The molecule has 0 radical (unpaired) electrons. The van der Waals surface area contributed by atoms with E-state index in [1.54, 1.807) is 0 Å². The zero-order valence-electron chi connectivity index (χ0n) is 44.3. The molecule has 17 rings (SSSR count). The van der Waals surface area contributed by atoms with Gasteiger partial charge in [-0.05, 0) is 114 Å². The first-order chi connectivity index (χ1) is 40.7. The van der Waals surface area contributed by atoms with Gasteiger partial charge in [0.2, 0.25) is 0 Å². The van der Waals surface area contributed by atoms with Gasteiger partial charge in [0.1, 0.15) is 0 Å². The fourth-order valence-electron chi connectivity index (χ4n) is 12.9. The normalized spacial score (nSPS) is 11.9. The highest BCUT2D eigenvalue weighted by Gasteiger charge is 2.23. The lowest BCUT2D eigenvalue weighted by atomic mass is 10.0. The van der Waals surface area contributed by atoms with Gasteiger partial charge in [0.25, 0.3) is 0 Å². The second kappa shape index (κ2) is 18.2. The molecule has 0 saturated carbocycles. The number of nitrogens with zero attached hydrogens (tertiary/aromatic N) is 7. The average Bonchev–Trinajstić information content (AvgIpc) is 3.07. The van der Waals surface area contributed by atoms with Gasteiger partial charge < -0.3 is 18.3 Å². The highest BCUT2D eigenvalue weighted by molar-refractivity contribution is 6.15. The lowest BCUT2D eigenvalue weighted by Crippen LogP contribution is -2.05. The third-order valence-electron chi connectivity index (χ3n) is 16.6. The van der Waals surface area contributed by atoms with E-state index in [9.17, 15) is 0 Å². The van der Waals surface area contributed by atoms with Gasteiger partial charge in [-0.3, -0.25) is 0 Å². The number of rotatable bonds is 8. The van der Waals surface area contributed by atoms with Crippen LogP contribution < -0.4 is 0 Å². The Morgan fingerprint density at radius 2 is 0.512 bits per heavy atom. The van der Waals surface area contributed by atoms with E-state index >= 15 is 0 Å². The molecule has 0 spiro atoms. The van der Waals surface area contributed by atoms with Crippen LogP contribution in [0.4, 0.5) is 0 Å². The Morgan fingerprint density at radius 3 is 1.00 bits per heavy atom. The third-order valence-corrected chi connectivity index (χ3v) is 16.6. The molecule has 382 valence electrons. The van der Waals surface area contributed by atoms with Crippen LogP contribution in [0.2, 0.25) is 0 Å². The molecule has 17 aromatic rings. The summed E-state index contributed by atoms with van der Waals surface area (Å²) in [5.74, 6) is 1.84. The maximum Gasteiger partial charge on any atom is 0.164 e. The van der Waals surface area contributed by atoms with Crippen LogP contribution in [-0.4, -0.2) is 33.2 Å². The van der Waals surface area contributed by atoms with Crippen LogP contribution in [0, 0.1) is 0 Å². The molecule has 0 N–H and O–H groups in total. The van der Waals surface area contributed by atoms with Crippen molar-refractivity contribution in [2.24, 2.45) is 0 Å². The van der Waals surface area contributed by atoms with Crippen molar-refractivity contribution in [3.05, 3.63) is 285 Å². The fraction of sp³-hybridized carbons (Fsp3) is 0. The smallest absolute Gasteiger partial charge is 0.164 e. The van der Waals surface area contributed by atoms with Crippen LogP contribution >= 0.6 is 0 Å². The van der Waals surface area contributed by atoms with Crippen molar-refractivity contribution in [3.8, 4) is 68.0 Å². The van der Waals surface area contributed by atoms with Crippen molar-refractivity contribution in [2.45, 2.75) is 0 Å². The van der Waals surface area contributed by atoms with E-state index in [0.717, 1.165) is 77.9 Å². The van der Waals surface area contributed by atoms with Crippen molar-refractivity contribution in [3.63, 3.8) is 0 Å². The Hall–Kier alpha value is -11.2. The first-order valence-corrected chi connectivity index (χ1v) is 27.8. The second-order valence-corrected chi connectivity index (χ2v) is 21.2. The van der Waals surface area contributed by atoms with Crippen LogP contribution in [-0.2, 0) is 0 Å². The maximum atomic E-state index is 5.23. The minimum Gasteiger partial charge on any atom is -0.309 e. The van der Waals surface area contributed by atoms with Crippen LogP contribution in [0.15, 0.2) is 285 Å². The summed E-state index contributed by atoms with van der Waals surface area (Å²) in [6.07, 6.45) is 0. The molecular weight excluding hydrogens is 999 g/mol. The molecule has 82 heavy (non-hydrogen) atoms. The molecule has 5 heterocycles. The maximum absolute atomic E-state index is 5.23. The summed E-state index contributed by atoms with van der Waals surface area (Å²) in [5, 5.41) is 9.61. The lowest BCUT2D eigenvalue weighted by Gasteiger charge is -2.18. The quantitative estimate of drug-likeness (QED) is 0.152. The number of para-hydroxylation sites is 6. The van der Waals surface area contributed by atoms with E-state index in [0.29, 0.717) is 17.5 Å².